The maximum atomic E-state index is 14.3. The van der Waals surface area contributed by atoms with E-state index in [0.29, 0.717) is 21.7 Å². The molecule has 0 atom stereocenters. The summed E-state index contributed by atoms with van der Waals surface area (Å²) >= 11 is 6.05. The Morgan fingerprint density at radius 3 is 2.44 bits per heavy atom. The largest absolute Gasteiger partial charge is 0.383 e. The zero-order valence-corrected chi connectivity index (χ0v) is 14.4. The van der Waals surface area contributed by atoms with Crippen molar-refractivity contribution < 1.29 is 13.6 Å². The van der Waals surface area contributed by atoms with Crippen molar-refractivity contribution in [3.63, 3.8) is 0 Å². The molecule has 2 aromatic carbocycles. The summed E-state index contributed by atoms with van der Waals surface area (Å²) in [6, 6.07) is 8.25. The molecule has 0 fully saturated rings. The monoisotopic (exact) mass is 360 g/mol. The lowest BCUT2D eigenvalue weighted by atomic mass is 9.94. The van der Waals surface area contributed by atoms with Gasteiger partial charge in [0.05, 0.1) is 17.8 Å². The summed E-state index contributed by atoms with van der Waals surface area (Å²) in [5.41, 5.74) is 0.897. The lowest BCUT2D eigenvalue weighted by molar-refractivity contribution is 0.103. The van der Waals surface area contributed by atoms with Crippen molar-refractivity contribution in [2.45, 2.75) is 0 Å². The Labute approximate surface area is 149 Å². The van der Waals surface area contributed by atoms with E-state index in [0.717, 1.165) is 12.1 Å². The van der Waals surface area contributed by atoms with Crippen LogP contribution in [-0.4, -0.2) is 37.0 Å². The number of hydrogen-bond acceptors (Lipinski definition) is 3. The molecule has 0 aliphatic carbocycles. The van der Waals surface area contributed by atoms with Crippen LogP contribution in [0.5, 0.6) is 0 Å². The molecule has 0 spiro atoms. The van der Waals surface area contributed by atoms with Gasteiger partial charge >= 0.3 is 0 Å². The summed E-state index contributed by atoms with van der Waals surface area (Å²) in [5.74, 6) is -1.72. The normalized spacial score (nSPS) is 15.6. The smallest absolute Gasteiger partial charge is 0.193 e. The fraction of sp³-hybridized carbons (Fsp3) is 0.158. The Hall–Kier alpha value is -2.53. The van der Waals surface area contributed by atoms with Crippen LogP contribution < -0.4 is 0 Å². The zero-order chi connectivity index (χ0) is 18.1. The van der Waals surface area contributed by atoms with Crippen molar-refractivity contribution in [1.29, 1.82) is 0 Å². The Kier molecular flexibility index (Phi) is 4.68. The van der Waals surface area contributed by atoms with Gasteiger partial charge in [0.1, 0.15) is 11.6 Å². The molecule has 0 unspecified atom stereocenters. The molecule has 0 amide bonds. The summed E-state index contributed by atoms with van der Waals surface area (Å²) in [6.07, 6.45) is 1.66. The van der Waals surface area contributed by atoms with E-state index < -0.39 is 11.6 Å². The number of benzene rings is 2. The van der Waals surface area contributed by atoms with Crippen molar-refractivity contribution in [1.82, 2.24) is 4.90 Å². The van der Waals surface area contributed by atoms with E-state index >= 15 is 0 Å². The maximum absolute atomic E-state index is 14.3. The predicted molar refractivity (Wildman–Crippen MR) is 94.4 cm³/mol. The topological polar surface area (TPSA) is 32.7 Å². The summed E-state index contributed by atoms with van der Waals surface area (Å²) < 4.78 is 28.6. The van der Waals surface area contributed by atoms with E-state index in [9.17, 15) is 13.6 Å². The first-order valence-corrected chi connectivity index (χ1v) is 7.97. The third kappa shape index (κ3) is 3.33. The van der Waals surface area contributed by atoms with Crippen LogP contribution in [0.15, 0.2) is 53.2 Å². The Morgan fingerprint density at radius 2 is 1.80 bits per heavy atom. The fourth-order valence-electron chi connectivity index (χ4n) is 2.75. The lowest BCUT2D eigenvalue weighted by Gasteiger charge is -2.11. The molecule has 128 valence electrons. The SMILES string of the molecule is CN(C)/C=C1\CN=C(c2c(F)cccc2F)c2cc(Cl)ccc2C1=O. The van der Waals surface area contributed by atoms with Gasteiger partial charge < -0.3 is 4.90 Å². The number of nitrogens with zero attached hydrogens (tertiary/aromatic N) is 2. The van der Waals surface area contributed by atoms with Gasteiger partial charge in [-0.1, -0.05) is 17.7 Å². The summed E-state index contributed by atoms with van der Waals surface area (Å²) in [5, 5.41) is 0.357. The Balaban J connectivity index is 2.29. The van der Waals surface area contributed by atoms with E-state index in [1.165, 1.54) is 12.1 Å². The number of halogens is 3. The molecule has 1 aliphatic rings. The molecule has 2 aromatic rings. The van der Waals surface area contributed by atoms with E-state index in [1.807, 2.05) is 0 Å². The minimum absolute atomic E-state index is 0.0203. The third-order valence-corrected chi connectivity index (χ3v) is 4.03. The van der Waals surface area contributed by atoms with Gasteiger partial charge in [0.25, 0.3) is 0 Å². The first kappa shape index (κ1) is 17.3. The molecule has 0 radical (unpaired) electrons. The molecule has 3 rings (SSSR count). The standard InChI is InChI=1S/C19H15ClF2N2O/c1-24(2)10-11-9-23-18(17-15(21)4-3-5-16(17)22)14-8-12(20)6-7-13(14)19(11)25/h3-8,10H,9H2,1-2H3/b11-10+. The predicted octanol–water partition coefficient (Wildman–Crippen LogP) is 4.10. The third-order valence-electron chi connectivity index (χ3n) is 3.79. The summed E-state index contributed by atoms with van der Waals surface area (Å²) in [6.45, 7) is 0.0203. The molecular weight excluding hydrogens is 346 g/mol. The van der Waals surface area contributed by atoms with Crippen LogP contribution in [0.25, 0.3) is 0 Å². The second-order valence-electron chi connectivity index (χ2n) is 5.90. The minimum atomic E-state index is -0.739. The number of ketones is 1. The molecular formula is C19H15ClF2N2O. The van der Waals surface area contributed by atoms with Crippen LogP contribution in [-0.2, 0) is 0 Å². The van der Waals surface area contributed by atoms with Crippen LogP contribution in [0, 0.1) is 11.6 Å². The molecule has 25 heavy (non-hydrogen) atoms. The summed E-state index contributed by atoms with van der Waals surface area (Å²) in [7, 11) is 3.57. The molecule has 0 N–H and O–H groups in total. The minimum Gasteiger partial charge on any atom is -0.383 e. The number of carbonyl (C=O) groups excluding carboxylic acids is 1. The van der Waals surface area contributed by atoms with Gasteiger partial charge in [-0.15, -0.1) is 0 Å². The van der Waals surface area contributed by atoms with Crippen molar-refractivity contribution in [3.8, 4) is 0 Å². The molecule has 0 saturated heterocycles. The van der Waals surface area contributed by atoms with Crippen LogP contribution in [0.4, 0.5) is 8.78 Å². The number of rotatable bonds is 2. The van der Waals surface area contributed by atoms with Crippen LogP contribution in [0.3, 0.4) is 0 Å². The second-order valence-corrected chi connectivity index (χ2v) is 6.33. The summed E-state index contributed by atoms with van der Waals surface area (Å²) in [4.78, 5) is 18.9. The van der Waals surface area contributed by atoms with Gasteiger partial charge in [-0.3, -0.25) is 9.79 Å². The van der Waals surface area contributed by atoms with Gasteiger partial charge in [-0.25, -0.2) is 8.78 Å². The number of fused-ring (bicyclic) bond motifs is 1. The first-order chi connectivity index (χ1) is 11.9. The van der Waals surface area contributed by atoms with Crippen LogP contribution in [0.2, 0.25) is 5.02 Å². The molecule has 0 aromatic heterocycles. The number of carbonyl (C=O) groups is 1. The number of aliphatic imine (C=N–C) groups is 1. The first-order valence-electron chi connectivity index (χ1n) is 7.59. The van der Waals surface area contributed by atoms with Gasteiger partial charge in [-0.2, -0.15) is 0 Å². The maximum Gasteiger partial charge on any atom is 0.193 e. The van der Waals surface area contributed by atoms with Crippen molar-refractivity contribution in [2.24, 2.45) is 4.99 Å². The highest BCUT2D eigenvalue weighted by atomic mass is 35.5. The van der Waals surface area contributed by atoms with Crippen LogP contribution in [0.1, 0.15) is 21.5 Å². The van der Waals surface area contributed by atoms with Gasteiger partial charge in [-0.05, 0) is 30.3 Å². The molecule has 3 nitrogen and oxygen atoms in total. The van der Waals surface area contributed by atoms with E-state index in [-0.39, 0.29) is 23.6 Å². The zero-order valence-electron chi connectivity index (χ0n) is 13.7. The number of hydrogen-bond donors (Lipinski definition) is 0. The average Bonchev–Trinajstić information content (AvgIpc) is 2.66. The molecule has 6 heteroatoms. The quantitative estimate of drug-likeness (QED) is 0.755. The van der Waals surface area contributed by atoms with E-state index in [4.69, 9.17) is 11.6 Å². The molecule has 0 bridgehead atoms. The van der Waals surface area contributed by atoms with E-state index in [1.54, 1.807) is 37.3 Å². The molecule has 1 heterocycles. The number of Topliss-reactive ketones (excluding diaryl/α,β-unsaturated/α-hetero) is 1. The van der Waals surface area contributed by atoms with Crippen molar-refractivity contribution in [3.05, 3.63) is 81.5 Å². The Morgan fingerprint density at radius 1 is 1.12 bits per heavy atom. The van der Waals surface area contributed by atoms with Gasteiger partial charge in [0.2, 0.25) is 0 Å². The highest BCUT2D eigenvalue weighted by Gasteiger charge is 2.27. The molecule has 1 aliphatic heterocycles. The average molecular weight is 361 g/mol. The van der Waals surface area contributed by atoms with Crippen molar-refractivity contribution >= 4 is 23.1 Å². The van der Waals surface area contributed by atoms with Gasteiger partial charge in [0.15, 0.2) is 5.78 Å². The van der Waals surface area contributed by atoms with E-state index in [2.05, 4.69) is 4.99 Å². The highest BCUT2D eigenvalue weighted by molar-refractivity contribution is 6.32. The lowest BCUT2D eigenvalue weighted by Crippen LogP contribution is -2.13. The Bertz CT molecular complexity index is 899. The second kappa shape index (κ2) is 6.76. The fourth-order valence-corrected chi connectivity index (χ4v) is 2.93. The van der Waals surface area contributed by atoms with Crippen LogP contribution >= 0.6 is 11.6 Å². The highest BCUT2D eigenvalue weighted by Crippen LogP contribution is 2.27. The van der Waals surface area contributed by atoms with Crippen molar-refractivity contribution in [2.75, 3.05) is 20.6 Å². The van der Waals surface area contributed by atoms with Gasteiger partial charge in [0, 0.05) is 42.0 Å². The molecule has 0 saturated carbocycles.